The van der Waals surface area contributed by atoms with Gasteiger partial charge in [-0.2, -0.15) is 22.0 Å². The first-order chi connectivity index (χ1) is 8.91. The van der Waals surface area contributed by atoms with E-state index in [1.807, 2.05) is 6.92 Å². The van der Waals surface area contributed by atoms with Gasteiger partial charge in [0.25, 0.3) is 0 Å². The summed E-state index contributed by atoms with van der Waals surface area (Å²) in [6.45, 7) is 1.86. The summed E-state index contributed by atoms with van der Waals surface area (Å²) >= 11 is 0. The van der Waals surface area contributed by atoms with Crippen LogP contribution in [-0.4, -0.2) is 32.2 Å². The predicted octanol–water partition coefficient (Wildman–Crippen LogP) is 2.60. The van der Waals surface area contributed by atoms with Gasteiger partial charge in [0, 0.05) is 12.8 Å². The van der Waals surface area contributed by atoms with Gasteiger partial charge in [0.2, 0.25) is 15.9 Å². The van der Waals surface area contributed by atoms with E-state index in [4.69, 9.17) is 0 Å². The Hall–Kier alpha value is -0.930. The molecule has 0 aliphatic carbocycles. The normalized spacial score (nSPS) is 13.3. The van der Waals surface area contributed by atoms with Gasteiger partial charge in [0.1, 0.15) is 0 Å². The molecule has 1 amide bonds. The van der Waals surface area contributed by atoms with E-state index >= 15 is 0 Å². The largest absolute Gasteiger partial charge is 0.453 e. The van der Waals surface area contributed by atoms with Crippen LogP contribution < -0.4 is 4.72 Å². The lowest BCUT2D eigenvalue weighted by molar-refractivity contribution is -0.282. The molecule has 0 atom stereocenters. The van der Waals surface area contributed by atoms with Crippen molar-refractivity contribution in [1.29, 1.82) is 0 Å². The van der Waals surface area contributed by atoms with Crippen LogP contribution in [0, 0.1) is 0 Å². The summed E-state index contributed by atoms with van der Waals surface area (Å²) in [7, 11) is -4.49. The second-order valence-electron chi connectivity index (χ2n) is 4.25. The van der Waals surface area contributed by atoms with E-state index in [-0.39, 0.29) is 6.42 Å². The summed E-state index contributed by atoms with van der Waals surface area (Å²) in [6.07, 6.45) is -5.97. The lowest BCUT2D eigenvalue weighted by Crippen LogP contribution is -2.40. The second kappa shape index (κ2) is 7.19. The smallest absolute Gasteiger partial charge is 0.274 e. The van der Waals surface area contributed by atoms with Crippen LogP contribution >= 0.6 is 0 Å². The molecule has 0 radical (unpaired) electrons. The Balaban J connectivity index is 4.37. The molecule has 0 aliphatic rings. The highest BCUT2D eigenvalue weighted by molar-refractivity contribution is 7.90. The Labute approximate surface area is 113 Å². The number of amides is 1. The fraction of sp³-hybridized carbons (Fsp3) is 0.900. The summed E-state index contributed by atoms with van der Waals surface area (Å²) in [5.74, 6) is -7.49. The second-order valence-corrected chi connectivity index (χ2v) is 6.10. The molecule has 10 heteroatoms. The van der Waals surface area contributed by atoms with Crippen molar-refractivity contribution >= 4 is 15.9 Å². The fourth-order valence-corrected chi connectivity index (χ4v) is 2.29. The van der Waals surface area contributed by atoms with Crippen LogP contribution in [-0.2, 0) is 14.8 Å². The third-order valence-electron chi connectivity index (χ3n) is 2.38. The van der Waals surface area contributed by atoms with Crippen molar-refractivity contribution in [2.24, 2.45) is 0 Å². The minimum Gasteiger partial charge on any atom is -0.274 e. The molecule has 0 saturated heterocycles. The van der Waals surface area contributed by atoms with E-state index < -0.39 is 40.2 Å². The van der Waals surface area contributed by atoms with E-state index in [1.165, 1.54) is 4.72 Å². The number of carbonyl (C=O) groups excluding carboxylic acids is 1. The highest BCUT2D eigenvalue weighted by atomic mass is 32.2. The SMILES string of the molecule is CCCCCC(=O)NS(=O)(=O)CCC(F)(F)C(F)(F)F. The maximum Gasteiger partial charge on any atom is 0.453 e. The van der Waals surface area contributed by atoms with Crippen molar-refractivity contribution in [2.45, 2.75) is 51.1 Å². The van der Waals surface area contributed by atoms with E-state index in [1.54, 1.807) is 0 Å². The van der Waals surface area contributed by atoms with Gasteiger partial charge in [0.05, 0.1) is 5.75 Å². The van der Waals surface area contributed by atoms with Crippen molar-refractivity contribution in [3.8, 4) is 0 Å². The Morgan fingerprint density at radius 2 is 1.65 bits per heavy atom. The molecular weight excluding hydrogens is 309 g/mol. The molecule has 0 unspecified atom stereocenters. The summed E-state index contributed by atoms with van der Waals surface area (Å²) < 4.78 is 84.5. The molecule has 4 nitrogen and oxygen atoms in total. The third-order valence-corrected chi connectivity index (χ3v) is 3.66. The molecule has 0 fully saturated rings. The number of alkyl halides is 5. The van der Waals surface area contributed by atoms with E-state index in [0.29, 0.717) is 12.8 Å². The fourth-order valence-electron chi connectivity index (χ4n) is 1.22. The molecule has 0 aromatic rings. The number of sulfonamides is 1. The first-order valence-corrected chi connectivity index (χ1v) is 7.54. The molecule has 1 N–H and O–H groups in total. The van der Waals surface area contributed by atoms with Gasteiger partial charge in [0.15, 0.2) is 0 Å². The van der Waals surface area contributed by atoms with Crippen molar-refractivity contribution in [3.63, 3.8) is 0 Å². The van der Waals surface area contributed by atoms with Crippen molar-refractivity contribution in [2.75, 3.05) is 5.75 Å². The topological polar surface area (TPSA) is 63.2 Å². The number of rotatable bonds is 8. The quantitative estimate of drug-likeness (QED) is 0.551. The molecule has 0 aliphatic heterocycles. The van der Waals surface area contributed by atoms with Crippen LogP contribution in [0.15, 0.2) is 0 Å². The average molecular weight is 325 g/mol. The van der Waals surface area contributed by atoms with Crippen LogP contribution in [0.5, 0.6) is 0 Å². The van der Waals surface area contributed by atoms with Gasteiger partial charge < -0.3 is 0 Å². The van der Waals surface area contributed by atoms with Gasteiger partial charge in [-0.3, -0.25) is 9.52 Å². The maximum absolute atomic E-state index is 12.5. The van der Waals surface area contributed by atoms with Crippen LogP contribution in [0.1, 0.15) is 39.0 Å². The number of unbranched alkanes of at least 4 members (excludes halogenated alkanes) is 2. The van der Waals surface area contributed by atoms with Crippen LogP contribution in [0.4, 0.5) is 22.0 Å². The molecule has 0 bridgehead atoms. The number of carbonyl (C=O) groups is 1. The Bertz CT molecular complexity index is 419. The maximum atomic E-state index is 12.5. The summed E-state index contributed by atoms with van der Waals surface area (Å²) in [5.41, 5.74) is 0. The summed E-state index contributed by atoms with van der Waals surface area (Å²) in [5, 5.41) is 0. The van der Waals surface area contributed by atoms with Gasteiger partial charge in [-0.15, -0.1) is 0 Å². The molecule has 0 saturated carbocycles. The van der Waals surface area contributed by atoms with Gasteiger partial charge >= 0.3 is 12.1 Å². The van der Waals surface area contributed by atoms with Crippen molar-refractivity contribution in [1.82, 2.24) is 4.72 Å². The van der Waals surface area contributed by atoms with Crippen molar-refractivity contribution in [3.05, 3.63) is 0 Å². The monoisotopic (exact) mass is 325 g/mol. The number of nitrogens with one attached hydrogen (secondary N) is 1. The summed E-state index contributed by atoms with van der Waals surface area (Å²) in [6, 6.07) is 0. The van der Waals surface area contributed by atoms with Crippen LogP contribution in [0.2, 0.25) is 0 Å². The Morgan fingerprint density at radius 1 is 1.10 bits per heavy atom. The standard InChI is InChI=1S/C10H16F5NO3S/c1-2-3-4-5-8(17)16-20(18,19)7-6-9(11,12)10(13,14)15/h2-7H2,1H3,(H,16,17). The number of hydrogen-bond donors (Lipinski definition) is 1. The summed E-state index contributed by atoms with van der Waals surface area (Å²) in [4.78, 5) is 11.2. The predicted molar refractivity (Wildman–Crippen MR) is 61.7 cm³/mol. The Kier molecular flexibility index (Phi) is 6.85. The minimum absolute atomic E-state index is 0.122. The van der Waals surface area contributed by atoms with Gasteiger partial charge in [-0.25, -0.2) is 8.42 Å². The van der Waals surface area contributed by atoms with E-state index in [9.17, 15) is 35.2 Å². The first kappa shape index (κ1) is 19.1. The number of hydrogen-bond acceptors (Lipinski definition) is 3. The molecule has 0 heterocycles. The van der Waals surface area contributed by atoms with Crippen molar-refractivity contribution < 1.29 is 35.2 Å². The van der Waals surface area contributed by atoms with Gasteiger partial charge in [-0.1, -0.05) is 19.8 Å². The highest BCUT2D eigenvalue weighted by Gasteiger charge is 2.57. The molecule has 0 rings (SSSR count). The zero-order chi connectivity index (χ0) is 16.0. The van der Waals surface area contributed by atoms with E-state index in [0.717, 1.165) is 6.42 Å². The van der Waals surface area contributed by atoms with Crippen LogP contribution in [0.25, 0.3) is 0 Å². The molecular formula is C10H16F5NO3S. The van der Waals surface area contributed by atoms with E-state index in [2.05, 4.69) is 0 Å². The van der Waals surface area contributed by atoms with Crippen LogP contribution in [0.3, 0.4) is 0 Å². The zero-order valence-corrected chi connectivity index (χ0v) is 11.6. The number of halogens is 5. The Morgan fingerprint density at radius 3 is 2.10 bits per heavy atom. The molecule has 20 heavy (non-hydrogen) atoms. The first-order valence-electron chi connectivity index (χ1n) is 5.89. The third kappa shape index (κ3) is 7.01. The minimum atomic E-state index is -5.81. The average Bonchev–Trinajstić information content (AvgIpc) is 2.25. The lowest BCUT2D eigenvalue weighted by Gasteiger charge is -2.19. The lowest BCUT2D eigenvalue weighted by atomic mass is 10.2. The molecule has 0 spiro atoms. The molecule has 120 valence electrons. The molecule has 0 aromatic heterocycles. The molecule has 0 aromatic carbocycles. The van der Waals surface area contributed by atoms with Gasteiger partial charge in [-0.05, 0) is 6.42 Å². The zero-order valence-electron chi connectivity index (χ0n) is 10.8. The highest BCUT2D eigenvalue weighted by Crippen LogP contribution is 2.38.